The summed E-state index contributed by atoms with van der Waals surface area (Å²) in [6.45, 7) is 4.32. The smallest absolute Gasteiger partial charge is 0.325 e. The zero-order chi connectivity index (χ0) is 15.4. The third-order valence-electron chi connectivity index (χ3n) is 3.24. The molecule has 112 valence electrons. The summed E-state index contributed by atoms with van der Waals surface area (Å²) in [6, 6.07) is 5.68. The van der Waals surface area contributed by atoms with Gasteiger partial charge in [-0.1, -0.05) is 13.0 Å². The van der Waals surface area contributed by atoms with Crippen molar-refractivity contribution in [3.8, 4) is 0 Å². The normalized spacial score (nSPS) is 10.6. The van der Waals surface area contributed by atoms with Gasteiger partial charge in [0.15, 0.2) is 0 Å². The van der Waals surface area contributed by atoms with Crippen molar-refractivity contribution in [1.29, 1.82) is 0 Å². The van der Waals surface area contributed by atoms with Crippen LogP contribution in [0.2, 0.25) is 0 Å². The van der Waals surface area contributed by atoms with Crippen LogP contribution in [0.5, 0.6) is 0 Å². The molecule has 2 aromatic rings. The summed E-state index contributed by atoms with van der Waals surface area (Å²) in [5.74, 6) is -0.693. The summed E-state index contributed by atoms with van der Waals surface area (Å²) in [5.41, 5.74) is 2.04. The Morgan fingerprint density at radius 3 is 2.76 bits per heavy atom. The topological polar surface area (TPSA) is 63.9 Å². The van der Waals surface area contributed by atoms with E-state index in [0.717, 1.165) is 12.1 Å². The molecule has 0 spiro atoms. The molecule has 0 saturated heterocycles. The number of aryl methyl sites for hydroxylation is 1. The lowest BCUT2D eigenvalue weighted by atomic mass is 10.3. The second-order valence-corrected chi connectivity index (χ2v) is 4.82. The number of carbonyl (C=O) groups is 2. The van der Waals surface area contributed by atoms with E-state index in [2.05, 4.69) is 9.72 Å². The van der Waals surface area contributed by atoms with Crippen molar-refractivity contribution >= 4 is 17.5 Å². The van der Waals surface area contributed by atoms with Crippen molar-refractivity contribution in [1.82, 2.24) is 14.3 Å². The number of fused-ring (bicyclic) bond motifs is 1. The van der Waals surface area contributed by atoms with Gasteiger partial charge < -0.3 is 14.0 Å². The van der Waals surface area contributed by atoms with Crippen molar-refractivity contribution in [2.75, 3.05) is 20.2 Å². The largest absolute Gasteiger partial charge is 0.468 e. The van der Waals surface area contributed by atoms with Crippen LogP contribution in [0.3, 0.4) is 0 Å². The Bertz CT molecular complexity index is 663. The highest BCUT2D eigenvalue weighted by atomic mass is 16.5. The molecule has 6 nitrogen and oxygen atoms in total. The van der Waals surface area contributed by atoms with Crippen LogP contribution in [0, 0.1) is 6.92 Å². The zero-order valence-electron chi connectivity index (χ0n) is 12.5. The minimum Gasteiger partial charge on any atom is -0.468 e. The van der Waals surface area contributed by atoms with E-state index in [1.165, 1.54) is 12.0 Å². The molecular formula is C15H19N3O3. The fourth-order valence-corrected chi connectivity index (χ4v) is 2.16. The number of methoxy groups -OCH3 is 1. The van der Waals surface area contributed by atoms with Crippen molar-refractivity contribution in [2.45, 2.75) is 20.3 Å². The van der Waals surface area contributed by atoms with E-state index in [1.807, 2.05) is 36.4 Å². The Morgan fingerprint density at radius 1 is 1.38 bits per heavy atom. The third-order valence-corrected chi connectivity index (χ3v) is 3.24. The zero-order valence-corrected chi connectivity index (χ0v) is 12.5. The molecule has 0 fully saturated rings. The van der Waals surface area contributed by atoms with Gasteiger partial charge in [-0.2, -0.15) is 0 Å². The molecule has 0 saturated carbocycles. The minimum absolute atomic E-state index is 0.0595. The van der Waals surface area contributed by atoms with Crippen molar-refractivity contribution < 1.29 is 14.3 Å². The van der Waals surface area contributed by atoms with Gasteiger partial charge in [-0.25, -0.2) is 4.98 Å². The van der Waals surface area contributed by atoms with Gasteiger partial charge in [0, 0.05) is 18.4 Å². The van der Waals surface area contributed by atoms with Crippen LogP contribution in [-0.4, -0.2) is 46.4 Å². The van der Waals surface area contributed by atoms with Crippen molar-refractivity contribution in [2.24, 2.45) is 0 Å². The van der Waals surface area contributed by atoms with Crippen LogP contribution in [0.4, 0.5) is 0 Å². The van der Waals surface area contributed by atoms with Gasteiger partial charge in [-0.15, -0.1) is 0 Å². The standard InChI is InChI=1S/C15H19N3O3/c1-4-8-17(10-14(19)21-3)15(20)12-9-18-11(2)6-5-7-13(18)16-12/h5-7,9H,4,8,10H2,1-3H3. The van der Waals surface area contributed by atoms with Crippen LogP contribution in [0.1, 0.15) is 29.5 Å². The molecule has 0 unspecified atom stereocenters. The fourth-order valence-electron chi connectivity index (χ4n) is 2.16. The molecule has 0 bridgehead atoms. The van der Waals surface area contributed by atoms with Gasteiger partial charge >= 0.3 is 5.97 Å². The first-order chi connectivity index (χ1) is 10.1. The van der Waals surface area contributed by atoms with Crippen LogP contribution in [0.15, 0.2) is 24.4 Å². The van der Waals surface area contributed by atoms with Crippen molar-refractivity contribution in [3.05, 3.63) is 35.8 Å². The molecule has 0 atom stereocenters. The fraction of sp³-hybridized carbons (Fsp3) is 0.400. The maximum atomic E-state index is 12.5. The van der Waals surface area contributed by atoms with E-state index >= 15 is 0 Å². The molecule has 21 heavy (non-hydrogen) atoms. The Labute approximate surface area is 123 Å². The molecule has 2 aromatic heterocycles. The van der Waals surface area contributed by atoms with E-state index in [0.29, 0.717) is 17.9 Å². The Kier molecular flexibility index (Phi) is 4.57. The molecule has 1 amide bonds. The summed E-state index contributed by atoms with van der Waals surface area (Å²) in [5, 5.41) is 0. The molecular weight excluding hydrogens is 270 g/mol. The lowest BCUT2D eigenvalue weighted by molar-refractivity contribution is -0.141. The molecule has 0 radical (unpaired) electrons. The number of hydrogen-bond donors (Lipinski definition) is 0. The highest BCUT2D eigenvalue weighted by Crippen LogP contribution is 2.11. The number of hydrogen-bond acceptors (Lipinski definition) is 4. The molecule has 2 heterocycles. The van der Waals surface area contributed by atoms with Crippen LogP contribution in [-0.2, 0) is 9.53 Å². The first kappa shape index (κ1) is 15.0. The first-order valence-corrected chi connectivity index (χ1v) is 6.87. The number of aromatic nitrogens is 2. The van der Waals surface area contributed by atoms with Gasteiger partial charge in [0.2, 0.25) is 0 Å². The average molecular weight is 289 g/mol. The summed E-state index contributed by atoms with van der Waals surface area (Å²) in [7, 11) is 1.31. The van der Waals surface area contributed by atoms with E-state index in [4.69, 9.17) is 0 Å². The summed E-state index contributed by atoms with van der Waals surface area (Å²) in [4.78, 5) is 29.7. The SMILES string of the molecule is CCCN(CC(=O)OC)C(=O)c1cn2c(C)cccc2n1. The Balaban J connectivity index is 2.29. The molecule has 0 aliphatic carbocycles. The number of ether oxygens (including phenoxy) is 1. The number of nitrogens with zero attached hydrogens (tertiary/aromatic N) is 3. The highest BCUT2D eigenvalue weighted by Gasteiger charge is 2.21. The molecule has 0 N–H and O–H groups in total. The first-order valence-electron chi connectivity index (χ1n) is 6.87. The van der Waals surface area contributed by atoms with Crippen LogP contribution >= 0.6 is 0 Å². The Hall–Kier alpha value is -2.37. The number of rotatable bonds is 5. The van der Waals surface area contributed by atoms with Crippen LogP contribution < -0.4 is 0 Å². The van der Waals surface area contributed by atoms with Crippen molar-refractivity contribution in [3.63, 3.8) is 0 Å². The maximum absolute atomic E-state index is 12.5. The number of amides is 1. The number of carbonyl (C=O) groups excluding carboxylic acids is 2. The second-order valence-electron chi connectivity index (χ2n) is 4.82. The van der Waals surface area contributed by atoms with E-state index in [1.54, 1.807) is 6.20 Å². The quantitative estimate of drug-likeness (QED) is 0.785. The third kappa shape index (κ3) is 3.21. The molecule has 6 heteroatoms. The lowest BCUT2D eigenvalue weighted by Gasteiger charge is -2.19. The maximum Gasteiger partial charge on any atom is 0.325 e. The molecule has 0 aliphatic rings. The predicted molar refractivity (Wildman–Crippen MR) is 78.1 cm³/mol. The van der Waals surface area contributed by atoms with Gasteiger partial charge in [-0.3, -0.25) is 9.59 Å². The number of esters is 1. The van der Waals surface area contributed by atoms with E-state index < -0.39 is 5.97 Å². The van der Waals surface area contributed by atoms with Gasteiger partial charge in [0.25, 0.3) is 5.91 Å². The molecule has 0 aromatic carbocycles. The van der Waals surface area contributed by atoms with Gasteiger partial charge in [0.1, 0.15) is 17.9 Å². The second kappa shape index (κ2) is 6.39. The number of imidazole rings is 1. The molecule has 0 aliphatic heterocycles. The Morgan fingerprint density at radius 2 is 2.14 bits per heavy atom. The van der Waals surface area contributed by atoms with E-state index in [-0.39, 0.29) is 12.5 Å². The summed E-state index contributed by atoms with van der Waals surface area (Å²) < 4.78 is 6.49. The van der Waals surface area contributed by atoms with Gasteiger partial charge in [0.05, 0.1) is 7.11 Å². The summed E-state index contributed by atoms with van der Waals surface area (Å²) in [6.07, 6.45) is 2.46. The van der Waals surface area contributed by atoms with Gasteiger partial charge in [-0.05, 0) is 25.5 Å². The summed E-state index contributed by atoms with van der Waals surface area (Å²) >= 11 is 0. The monoisotopic (exact) mass is 289 g/mol. The lowest BCUT2D eigenvalue weighted by Crippen LogP contribution is -2.37. The highest BCUT2D eigenvalue weighted by molar-refractivity contribution is 5.94. The molecule has 2 rings (SSSR count). The van der Waals surface area contributed by atoms with Crippen LogP contribution in [0.25, 0.3) is 5.65 Å². The average Bonchev–Trinajstić information content (AvgIpc) is 2.91. The minimum atomic E-state index is -0.434. The van der Waals surface area contributed by atoms with E-state index in [9.17, 15) is 9.59 Å². The number of pyridine rings is 1. The predicted octanol–water partition coefficient (Wildman–Crippen LogP) is 1.67.